The summed E-state index contributed by atoms with van der Waals surface area (Å²) in [7, 11) is 1.64. The lowest BCUT2D eigenvalue weighted by molar-refractivity contribution is -0.135. The van der Waals surface area contributed by atoms with Gasteiger partial charge >= 0.3 is 0 Å². The van der Waals surface area contributed by atoms with E-state index in [1.807, 2.05) is 35.2 Å². The third-order valence-electron chi connectivity index (χ3n) is 3.94. The van der Waals surface area contributed by atoms with Gasteiger partial charge in [-0.2, -0.15) is 0 Å². The van der Waals surface area contributed by atoms with Crippen LogP contribution in [0.3, 0.4) is 0 Å². The molecule has 1 N–H and O–H groups in total. The summed E-state index contributed by atoms with van der Waals surface area (Å²) in [5, 5.41) is 2.67. The molecule has 1 aromatic carbocycles. The third kappa shape index (κ3) is 4.76. The number of nitrogens with one attached hydrogen (secondary N) is 1. The molecule has 0 spiro atoms. The van der Waals surface area contributed by atoms with E-state index in [0.717, 1.165) is 25.1 Å². The van der Waals surface area contributed by atoms with Crippen LogP contribution in [0.5, 0.6) is 5.75 Å². The van der Waals surface area contributed by atoms with Crippen molar-refractivity contribution in [3.8, 4) is 5.75 Å². The summed E-state index contributed by atoms with van der Waals surface area (Å²) in [6, 6.07) is 9.59. The zero-order chi connectivity index (χ0) is 15.8. The molecular formula is C17H24N2O3. The van der Waals surface area contributed by atoms with Gasteiger partial charge in [-0.1, -0.05) is 18.2 Å². The Balaban J connectivity index is 1.69. The van der Waals surface area contributed by atoms with Gasteiger partial charge in [-0.25, -0.2) is 0 Å². The molecule has 2 rings (SSSR count). The fourth-order valence-corrected chi connectivity index (χ4v) is 2.71. The Morgan fingerprint density at radius 2 is 2.09 bits per heavy atom. The van der Waals surface area contributed by atoms with Gasteiger partial charge in [0.2, 0.25) is 11.8 Å². The van der Waals surface area contributed by atoms with E-state index in [9.17, 15) is 9.59 Å². The van der Waals surface area contributed by atoms with Gasteiger partial charge in [0.15, 0.2) is 0 Å². The Kier molecular flexibility index (Phi) is 6.25. The second-order valence-electron chi connectivity index (χ2n) is 5.56. The van der Waals surface area contributed by atoms with Crippen molar-refractivity contribution in [3.63, 3.8) is 0 Å². The molecule has 0 saturated carbocycles. The number of piperidine rings is 1. The summed E-state index contributed by atoms with van der Waals surface area (Å²) in [5.74, 6) is 0.908. The second-order valence-corrected chi connectivity index (χ2v) is 5.56. The van der Waals surface area contributed by atoms with Crippen molar-refractivity contribution in [1.82, 2.24) is 10.2 Å². The first kappa shape index (κ1) is 16.3. The summed E-state index contributed by atoms with van der Waals surface area (Å²) in [6.45, 7) is 1.83. The molecule has 120 valence electrons. The van der Waals surface area contributed by atoms with Crippen LogP contribution in [0.4, 0.5) is 0 Å². The first-order valence-electron chi connectivity index (χ1n) is 7.88. The number of carbonyl (C=O) groups excluding carboxylic acids is 2. The lowest BCUT2D eigenvalue weighted by atomic mass is 9.97. The van der Waals surface area contributed by atoms with Gasteiger partial charge in [0.25, 0.3) is 0 Å². The van der Waals surface area contributed by atoms with E-state index in [1.54, 1.807) is 7.05 Å². The van der Waals surface area contributed by atoms with E-state index >= 15 is 0 Å². The molecule has 22 heavy (non-hydrogen) atoms. The number of amides is 2. The number of nitrogens with zero attached hydrogens (tertiary/aromatic N) is 1. The molecule has 1 aromatic rings. The Labute approximate surface area is 131 Å². The van der Waals surface area contributed by atoms with Crippen LogP contribution in [0.25, 0.3) is 0 Å². The van der Waals surface area contributed by atoms with E-state index in [-0.39, 0.29) is 17.7 Å². The minimum absolute atomic E-state index is 0.0323. The summed E-state index contributed by atoms with van der Waals surface area (Å²) in [4.78, 5) is 25.7. The van der Waals surface area contributed by atoms with Crippen LogP contribution in [0, 0.1) is 5.92 Å². The molecule has 1 aliphatic rings. The number of ether oxygens (including phenoxy) is 1. The van der Waals surface area contributed by atoms with Gasteiger partial charge < -0.3 is 15.0 Å². The Hall–Kier alpha value is -2.04. The van der Waals surface area contributed by atoms with E-state index in [0.29, 0.717) is 26.0 Å². The maximum Gasteiger partial charge on any atom is 0.224 e. The molecule has 1 saturated heterocycles. The van der Waals surface area contributed by atoms with Crippen molar-refractivity contribution in [3.05, 3.63) is 30.3 Å². The highest BCUT2D eigenvalue weighted by molar-refractivity contribution is 5.81. The van der Waals surface area contributed by atoms with Crippen LogP contribution in [0.2, 0.25) is 0 Å². The predicted octanol–water partition coefficient (Wildman–Crippen LogP) is 1.83. The average Bonchev–Trinajstić information content (AvgIpc) is 2.59. The number of carbonyl (C=O) groups is 2. The Morgan fingerprint density at radius 3 is 2.82 bits per heavy atom. The van der Waals surface area contributed by atoms with Crippen LogP contribution in [0.15, 0.2) is 30.3 Å². The molecule has 0 aromatic heterocycles. The highest BCUT2D eigenvalue weighted by atomic mass is 16.5. The maximum absolute atomic E-state index is 12.2. The van der Waals surface area contributed by atoms with Crippen molar-refractivity contribution in [1.29, 1.82) is 0 Å². The van der Waals surface area contributed by atoms with Crippen molar-refractivity contribution < 1.29 is 14.3 Å². The van der Waals surface area contributed by atoms with Crippen molar-refractivity contribution >= 4 is 11.8 Å². The minimum Gasteiger partial charge on any atom is -0.494 e. The molecule has 1 atom stereocenters. The fraction of sp³-hybridized carbons (Fsp3) is 0.529. The molecule has 1 unspecified atom stereocenters. The van der Waals surface area contributed by atoms with Crippen LogP contribution in [-0.2, 0) is 9.59 Å². The van der Waals surface area contributed by atoms with E-state index < -0.39 is 0 Å². The maximum atomic E-state index is 12.2. The molecule has 1 fully saturated rings. The minimum atomic E-state index is -0.0664. The largest absolute Gasteiger partial charge is 0.494 e. The molecule has 1 heterocycles. The normalized spacial score (nSPS) is 17.9. The molecule has 1 aliphatic heterocycles. The first-order valence-corrected chi connectivity index (χ1v) is 7.88. The zero-order valence-electron chi connectivity index (χ0n) is 13.1. The topological polar surface area (TPSA) is 58.6 Å². The van der Waals surface area contributed by atoms with Gasteiger partial charge in [-0.05, 0) is 31.4 Å². The number of rotatable bonds is 6. The number of hydrogen-bond donors (Lipinski definition) is 1. The average molecular weight is 304 g/mol. The van der Waals surface area contributed by atoms with Gasteiger partial charge in [0.1, 0.15) is 5.75 Å². The van der Waals surface area contributed by atoms with E-state index in [4.69, 9.17) is 4.74 Å². The Bertz CT molecular complexity index is 490. The lowest BCUT2D eigenvalue weighted by Crippen LogP contribution is -2.44. The van der Waals surface area contributed by atoms with Crippen LogP contribution in [0.1, 0.15) is 25.7 Å². The van der Waals surface area contributed by atoms with Gasteiger partial charge in [-0.3, -0.25) is 9.59 Å². The van der Waals surface area contributed by atoms with Crippen LogP contribution >= 0.6 is 0 Å². The summed E-state index contributed by atoms with van der Waals surface area (Å²) >= 11 is 0. The summed E-state index contributed by atoms with van der Waals surface area (Å²) < 4.78 is 5.59. The summed E-state index contributed by atoms with van der Waals surface area (Å²) in [6.07, 6.45) is 2.91. The molecule has 0 radical (unpaired) electrons. The van der Waals surface area contributed by atoms with Crippen molar-refractivity contribution in [2.24, 2.45) is 5.92 Å². The van der Waals surface area contributed by atoms with Gasteiger partial charge in [0.05, 0.1) is 12.5 Å². The standard InChI is InChI=1S/C17H24N2O3/c1-18-17(21)14-7-5-11-19(13-14)16(20)10-6-12-22-15-8-3-2-4-9-15/h2-4,8-9,14H,5-7,10-13H2,1H3,(H,18,21). The predicted molar refractivity (Wildman–Crippen MR) is 84.5 cm³/mol. The quantitative estimate of drug-likeness (QED) is 0.816. The highest BCUT2D eigenvalue weighted by Crippen LogP contribution is 2.18. The number of para-hydroxylation sites is 1. The number of hydrogen-bond acceptors (Lipinski definition) is 3. The lowest BCUT2D eigenvalue weighted by Gasteiger charge is -2.31. The summed E-state index contributed by atoms with van der Waals surface area (Å²) in [5.41, 5.74) is 0. The first-order chi connectivity index (χ1) is 10.7. The van der Waals surface area contributed by atoms with Gasteiger partial charge in [0, 0.05) is 26.6 Å². The van der Waals surface area contributed by atoms with Crippen molar-refractivity contribution in [2.75, 3.05) is 26.7 Å². The van der Waals surface area contributed by atoms with Crippen LogP contribution in [-0.4, -0.2) is 43.5 Å². The molecule has 0 bridgehead atoms. The zero-order valence-corrected chi connectivity index (χ0v) is 13.1. The second kappa shape index (κ2) is 8.41. The van der Waals surface area contributed by atoms with E-state index in [1.165, 1.54) is 0 Å². The highest BCUT2D eigenvalue weighted by Gasteiger charge is 2.27. The molecule has 0 aliphatic carbocycles. The Morgan fingerprint density at radius 1 is 1.32 bits per heavy atom. The number of likely N-dealkylation sites (tertiary alicyclic amines) is 1. The molecule has 5 nitrogen and oxygen atoms in total. The van der Waals surface area contributed by atoms with Gasteiger partial charge in [-0.15, -0.1) is 0 Å². The number of benzene rings is 1. The molecule has 5 heteroatoms. The smallest absolute Gasteiger partial charge is 0.224 e. The van der Waals surface area contributed by atoms with Crippen LogP contribution < -0.4 is 10.1 Å². The monoisotopic (exact) mass is 304 g/mol. The van der Waals surface area contributed by atoms with Crippen molar-refractivity contribution in [2.45, 2.75) is 25.7 Å². The SMILES string of the molecule is CNC(=O)C1CCCN(C(=O)CCCOc2ccccc2)C1. The molecular weight excluding hydrogens is 280 g/mol. The third-order valence-corrected chi connectivity index (χ3v) is 3.94. The van der Waals surface area contributed by atoms with E-state index in [2.05, 4.69) is 5.32 Å². The fourth-order valence-electron chi connectivity index (χ4n) is 2.71. The molecule has 2 amide bonds.